The summed E-state index contributed by atoms with van der Waals surface area (Å²) in [5.41, 5.74) is 2.19. The first kappa shape index (κ1) is 36.2. The lowest BCUT2D eigenvalue weighted by Gasteiger charge is -2.30. The summed E-state index contributed by atoms with van der Waals surface area (Å²) >= 11 is 0. The normalized spacial score (nSPS) is 11.1. The van der Waals surface area contributed by atoms with E-state index in [-0.39, 0.29) is 33.4 Å². The van der Waals surface area contributed by atoms with Gasteiger partial charge in [-0.2, -0.15) is 0 Å². The molecule has 0 amide bonds. The molecule has 0 aliphatic rings. The van der Waals surface area contributed by atoms with Crippen LogP contribution in [0.5, 0.6) is 0 Å². The maximum absolute atomic E-state index is 16.6. The van der Waals surface area contributed by atoms with E-state index in [1.165, 1.54) is 26.0 Å². The minimum absolute atomic E-state index is 0.0542. The van der Waals surface area contributed by atoms with Gasteiger partial charge in [0.1, 0.15) is 7.85 Å². The summed E-state index contributed by atoms with van der Waals surface area (Å²) in [6.07, 6.45) is 0. The van der Waals surface area contributed by atoms with Crippen molar-refractivity contribution in [2.75, 3.05) is 9.80 Å². The summed E-state index contributed by atoms with van der Waals surface area (Å²) in [6, 6.07) is 39.9. The SMILES string of the molecule is [B]c1c(-c2c(F)c(F)c(-c3c(C)cc(N(c4ccccc4)c4ccccc4)c(F)c3C)c(F)c2F)cc(C)c(N(c2ccccc2)c2ccccc2)c1C. The molecule has 0 aliphatic heterocycles. The average molecular weight is 721 g/mol. The van der Waals surface area contributed by atoms with Crippen LogP contribution in [0.3, 0.4) is 0 Å². The molecule has 0 saturated carbocycles. The van der Waals surface area contributed by atoms with Gasteiger partial charge in [-0.3, -0.25) is 0 Å². The minimum Gasteiger partial charge on any atom is -0.310 e. The molecule has 266 valence electrons. The monoisotopic (exact) mass is 720 g/mol. The van der Waals surface area contributed by atoms with Gasteiger partial charge in [-0.1, -0.05) is 78.3 Å². The van der Waals surface area contributed by atoms with Crippen molar-refractivity contribution >= 4 is 47.4 Å². The fourth-order valence-electron chi connectivity index (χ4n) is 7.25. The summed E-state index contributed by atoms with van der Waals surface area (Å²) in [5.74, 6) is -7.38. The summed E-state index contributed by atoms with van der Waals surface area (Å²) in [4.78, 5) is 3.63. The highest BCUT2D eigenvalue weighted by Crippen LogP contribution is 2.45. The van der Waals surface area contributed by atoms with E-state index in [0.717, 1.165) is 11.4 Å². The van der Waals surface area contributed by atoms with Gasteiger partial charge in [0.05, 0.1) is 22.5 Å². The van der Waals surface area contributed by atoms with Gasteiger partial charge in [0.25, 0.3) is 0 Å². The molecular formula is C46H34BF5N2. The van der Waals surface area contributed by atoms with Crippen molar-refractivity contribution in [3.05, 3.63) is 185 Å². The molecular weight excluding hydrogens is 686 g/mol. The molecule has 8 heteroatoms. The summed E-state index contributed by atoms with van der Waals surface area (Å²) in [7, 11) is 6.62. The number of benzene rings is 7. The first-order valence-corrected chi connectivity index (χ1v) is 17.4. The molecule has 2 radical (unpaired) electrons. The van der Waals surface area contributed by atoms with Crippen LogP contribution >= 0.6 is 0 Å². The first-order valence-electron chi connectivity index (χ1n) is 17.4. The van der Waals surface area contributed by atoms with Crippen LogP contribution in [0.1, 0.15) is 22.3 Å². The van der Waals surface area contributed by atoms with Crippen molar-refractivity contribution < 1.29 is 22.0 Å². The number of anilines is 6. The summed E-state index contributed by atoms with van der Waals surface area (Å²) in [5, 5.41) is 0. The van der Waals surface area contributed by atoms with E-state index in [9.17, 15) is 0 Å². The molecule has 0 aromatic heterocycles. The van der Waals surface area contributed by atoms with E-state index in [1.807, 2.05) is 77.7 Å². The molecule has 2 nitrogen and oxygen atoms in total. The zero-order valence-corrected chi connectivity index (χ0v) is 30.1. The fourth-order valence-corrected chi connectivity index (χ4v) is 7.25. The van der Waals surface area contributed by atoms with E-state index >= 15 is 22.0 Å². The van der Waals surface area contributed by atoms with Crippen molar-refractivity contribution in [2.24, 2.45) is 0 Å². The van der Waals surface area contributed by atoms with Crippen molar-refractivity contribution in [3.63, 3.8) is 0 Å². The smallest absolute Gasteiger partial charge is 0.170 e. The Balaban J connectivity index is 1.38. The summed E-state index contributed by atoms with van der Waals surface area (Å²) in [6.45, 7) is 6.30. The highest BCUT2D eigenvalue weighted by Gasteiger charge is 2.32. The average Bonchev–Trinajstić information content (AvgIpc) is 3.19. The van der Waals surface area contributed by atoms with Gasteiger partial charge < -0.3 is 9.80 Å². The number of hydrogen-bond acceptors (Lipinski definition) is 2. The zero-order chi connectivity index (χ0) is 38.3. The lowest BCUT2D eigenvalue weighted by Crippen LogP contribution is -2.21. The van der Waals surface area contributed by atoms with Crippen molar-refractivity contribution in [1.29, 1.82) is 0 Å². The second-order valence-corrected chi connectivity index (χ2v) is 13.2. The third kappa shape index (κ3) is 6.21. The van der Waals surface area contributed by atoms with Crippen LogP contribution < -0.4 is 15.3 Å². The topological polar surface area (TPSA) is 6.48 Å². The van der Waals surface area contributed by atoms with E-state index < -0.39 is 40.2 Å². The Bertz CT molecular complexity index is 2380. The quantitative estimate of drug-likeness (QED) is 0.0876. The zero-order valence-electron chi connectivity index (χ0n) is 30.1. The van der Waals surface area contributed by atoms with Crippen LogP contribution in [0.25, 0.3) is 22.3 Å². The standard InChI is InChI=1S/C46H34BF5N2/c1-27-26-36(53(31-17-9-5-10-18-31)32-19-11-6-12-20-32)41(48)29(3)37(27)39-44(51)42(49)38(43(50)45(39)52)35-25-28(2)46(30(4)40(35)47)54(33-21-13-7-14-22-33)34-23-15-8-16-24-34/h5-26H,1-4H3. The number of aryl methyl sites for hydroxylation is 2. The minimum atomic E-state index is -1.65. The fraction of sp³-hybridized carbons (Fsp3) is 0.0870. The maximum Gasteiger partial charge on any atom is 0.170 e. The Morgan fingerprint density at radius 2 is 0.796 bits per heavy atom. The van der Waals surface area contributed by atoms with Crippen molar-refractivity contribution in [2.45, 2.75) is 27.7 Å². The Morgan fingerprint density at radius 3 is 1.22 bits per heavy atom. The third-order valence-electron chi connectivity index (χ3n) is 9.77. The van der Waals surface area contributed by atoms with Crippen LogP contribution in [0.4, 0.5) is 56.1 Å². The number of halogens is 5. The molecule has 0 saturated heterocycles. The number of rotatable bonds is 8. The van der Waals surface area contributed by atoms with Gasteiger partial charge in [0.2, 0.25) is 0 Å². The Hall–Kier alpha value is -6.15. The second kappa shape index (κ2) is 14.7. The van der Waals surface area contributed by atoms with Crippen LogP contribution in [-0.4, -0.2) is 7.85 Å². The van der Waals surface area contributed by atoms with Gasteiger partial charge >= 0.3 is 0 Å². The molecule has 0 spiro atoms. The van der Waals surface area contributed by atoms with Gasteiger partial charge in [-0.05, 0) is 122 Å². The van der Waals surface area contributed by atoms with Crippen LogP contribution in [-0.2, 0) is 0 Å². The second-order valence-electron chi connectivity index (χ2n) is 13.2. The molecule has 7 rings (SSSR count). The molecule has 0 unspecified atom stereocenters. The molecule has 0 aliphatic carbocycles. The highest BCUT2D eigenvalue weighted by atomic mass is 19.2. The van der Waals surface area contributed by atoms with Crippen molar-refractivity contribution in [3.8, 4) is 22.3 Å². The van der Waals surface area contributed by atoms with Crippen molar-refractivity contribution in [1.82, 2.24) is 0 Å². The summed E-state index contributed by atoms with van der Waals surface area (Å²) < 4.78 is 82.0. The van der Waals surface area contributed by atoms with E-state index in [2.05, 4.69) is 0 Å². The van der Waals surface area contributed by atoms with Crippen LogP contribution in [0.2, 0.25) is 0 Å². The Labute approximate surface area is 313 Å². The first-order chi connectivity index (χ1) is 26.0. The molecule has 54 heavy (non-hydrogen) atoms. The predicted octanol–water partition coefficient (Wildman–Crippen LogP) is 12.7. The lowest BCUT2D eigenvalue weighted by atomic mass is 9.80. The van der Waals surface area contributed by atoms with Crippen LogP contribution in [0, 0.1) is 56.8 Å². The Morgan fingerprint density at radius 1 is 0.407 bits per heavy atom. The largest absolute Gasteiger partial charge is 0.310 e. The molecule has 0 N–H and O–H groups in total. The number of nitrogens with zero attached hydrogens (tertiary/aromatic N) is 2. The molecule has 0 heterocycles. The van der Waals surface area contributed by atoms with Gasteiger partial charge in [-0.25, -0.2) is 22.0 Å². The van der Waals surface area contributed by atoms with Gasteiger partial charge in [0.15, 0.2) is 29.1 Å². The van der Waals surface area contributed by atoms with E-state index in [0.29, 0.717) is 28.2 Å². The third-order valence-corrected chi connectivity index (χ3v) is 9.77. The van der Waals surface area contributed by atoms with Crippen LogP contribution in [0.15, 0.2) is 133 Å². The van der Waals surface area contributed by atoms with E-state index in [1.54, 1.807) is 67.3 Å². The maximum atomic E-state index is 16.6. The number of hydrogen-bond donors (Lipinski definition) is 0. The lowest BCUT2D eigenvalue weighted by molar-refractivity contribution is 0.462. The molecule has 7 aromatic carbocycles. The highest BCUT2D eigenvalue weighted by molar-refractivity contribution is 6.37. The molecule has 0 bridgehead atoms. The predicted molar refractivity (Wildman–Crippen MR) is 211 cm³/mol. The molecule has 0 fully saturated rings. The number of para-hydroxylation sites is 4. The van der Waals surface area contributed by atoms with Gasteiger partial charge in [-0.15, -0.1) is 0 Å². The molecule has 7 aromatic rings. The van der Waals surface area contributed by atoms with E-state index in [4.69, 9.17) is 7.85 Å². The van der Waals surface area contributed by atoms with Gasteiger partial charge in [0, 0.05) is 22.7 Å². The molecule has 0 atom stereocenters. The Kier molecular flexibility index (Phi) is 9.86.